The van der Waals surface area contributed by atoms with E-state index in [4.69, 9.17) is 15.7 Å². The van der Waals surface area contributed by atoms with Crippen molar-refractivity contribution in [3.63, 3.8) is 0 Å². The molecule has 0 radical (unpaired) electrons. The van der Waals surface area contributed by atoms with Crippen molar-refractivity contribution in [2.45, 2.75) is 38.8 Å². The number of nitro benzene ring substituents is 1. The van der Waals surface area contributed by atoms with Crippen molar-refractivity contribution in [3.05, 3.63) is 33.9 Å². The fraction of sp³-hybridized carbons (Fsp3) is 0.462. The SMILES string of the molecule is Cc1cccc([N+](=O)[O-])c1OC(C)CC(C)(N)C#N. The molecular weight excluding hydrogens is 246 g/mol. The smallest absolute Gasteiger partial charge is 0.311 e. The van der Waals surface area contributed by atoms with Crippen molar-refractivity contribution < 1.29 is 9.66 Å². The van der Waals surface area contributed by atoms with Crippen LogP contribution in [-0.2, 0) is 0 Å². The van der Waals surface area contributed by atoms with Crippen LogP contribution in [0.3, 0.4) is 0 Å². The van der Waals surface area contributed by atoms with E-state index < -0.39 is 16.6 Å². The van der Waals surface area contributed by atoms with Crippen molar-refractivity contribution in [1.29, 1.82) is 5.26 Å². The Bertz CT molecular complexity index is 520. The quantitative estimate of drug-likeness (QED) is 0.648. The summed E-state index contributed by atoms with van der Waals surface area (Å²) >= 11 is 0. The van der Waals surface area contributed by atoms with E-state index in [-0.39, 0.29) is 17.9 Å². The summed E-state index contributed by atoms with van der Waals surface area (Å²) in [4.78, 5) is 10.5. The third-order valence-corrected chi connectivity index (χ3v) is 2.67. The standard InChI is InChI=1S/C13H17N3O3/c1-9-5-4-6-11(16(17)18)12(9)19-10(2)7-13(3,15)8-14/h4-6,10H,7,15H2,1-3H3. The van der Waals surface area contributed by atoms with Gasteiger partial charge in [0.15, 0.2) is 5.75 Å². The van der Waals surface area contributed by atoms with Gasteiger partial charge in [0, 0.05) is 12.5 Å². The van der Waals surface area contributed by atoms with Gasteiger partial charge in [0.1, 0.15) is 5.54 Å². The molecule has 2 atom stereocenters. The maximum atomic E-state index is 10.9. The molecule has 102 valence electrons. The molecule has 0 aliphatic carbocycles. The number of aryl methyl sites for hydroxylation is 1. The molecule has 0 aliphatic heterocycles. The molecule has 0 heterocycles. The number of hydrogen-bond acceptors (Lipinski definition) is 5. The number of nitrogens with two attached hydrogens (primary N) is 1. The third kappa shape index (κ3) is 3.93. The Hall–Kier alpha value is -2.13. The van der Waals surface area contributed by atoms with Crippen LogP contribution in [0.25, 0.3) is 0 Å². The van der Waals surface area contributed by atoms with Crippen LogP contribution in [0.5, 0.6) is 5.75 Å². The lowest BCUT2D eigenvalue weighted by Gasteiger charge is -2.22. The average molecular weight is 263 g/mol. The first-order valence-electron chi connectivity index (χ1n) is 5.87. The van der Waals surface area contributed by atoms with Crippen LogP contribution in [0, 0.1) is 28.4 Å². The number of benzene rings is 1. The molecule has 1 aromatic rings. The third-order valence-electron chi connectivity index (χ3n) is 2.67. The van der Waals surface area contributed by atoms with Gasteiger partial charge in [0.2, 0.25) is 0 Å². The fourth-order valence-electron chi connectivity index (χ4n) is 1.82. The van der Waals surface area contributed by atoms with Gasteiger partial charge >= 0.3 is 5.69 Å². The predicted molar refractivity (Wildman–Crippen MR) is 70.7 cm³/mol. The number of para-hydroxylation sites is 1. The molecule has 0 spiro atoms. The fourth-order valence-corrected chi connectivity index (χ4v) is 1.82. The molecule has 0 fully saturated rings. The van der Waals surface area contributed by atoms with Gasteiger partial charge in [-0.15, -0.1) is 0 Å². The van der Waals surface area contributed by atoms with E-state index in [1.165, 1.54) is 6.07 Å². The van der Waals surface area contributed by atoms with Crippen LogP contribution in [0.1, 0.15) is 25.8 Å². The lowest BCUT2D eigenvalue weighted by molar-refractivity contribution is -0.386. The molecule has 19 heavy (non-hydrogen) atoms. The number of hydrogen-bond donors (Lipinski definition) is 1. The summed E-state index contributed by atoms with van der Waals surface area (Å²) in [5, 5.41) is 19.8. The van der Waals surface area contributed by atoms with E-state index in [0.29, 0.717) is 5.56 Å². The van der Waals surface area contributed by atoms with Gasteiger partial charge < -0.3 is 10.5 Å². The van der Waals surface area contributed by atoms with E-state index in [1.54, 1.807) is 32.9 Å². The van der Waals surface area contributed by atoms with Crippen molar-refractivity contribution in [2.75, 3.05) is 0 Å². The molecule has 2 unspecified atom stereocenters. The van der Waals surface area contributed by atoms with E-state index in [2.05, 4.69) is 0 Å². The molecule has 0 saturated carbocycles. The van der Waals surface area contributed by atoms with Crippen LogP contribution >= 0.6 is 0 Å². The molecule has 6 nitrogen and oxygen atoms in total. The Balaban J connectivity index is 2.94. The Morgan fingerprint density at radius 1 is 1.63 bits per heavy atom. The van der Waals surface area contributed by atoms with Crippen LogP contribution in [-0.4, -0.2) is 16.6 Å². The topological polar surface area (TPSA) is 102 Å². The first kappa shape index (κ1) is 14.9. The molecule has 2 N–H and O–H groups in total. The van der Waals surface area contributed by atoms with Crippen molar-refractivity contribution in [1.82, 2.24) is 0 Å². The maximum absolute atomic E-state index is 10.9. The highest BCUT2D eigenvalue weighted by Gasteiger charge is 2.25. The highest BCUT2D eigenvalue weighted by molar-refractivity contribution is 5.51. The molecule has 0 aliphatic rings. The minimum atomic E-state index is -1.02. The van der Waals surface area contributed by atoms with Gasteiger partial charge in [-0.1, -0.05) is 12.1 Å². The zero-order chi connectivity index (χ0) is 14.6. The van der Waals surface area contributed by atoms with E-state index >= 15 is 0 Å². The maximum Gasteiger partial charge on any atom is 0.311 e. The average Bonchev–Trinajstić information content (AvgIpc) is 2.30. The van der Waals surface area contributed by atoms with Crippen molar-refractivity contribution in [3.8, 4) is 11.8 Å². The van der Waals surface area contributed by atoms with Crippen LogP contribution in [0.2, 0.25) is 0 Å². The molecule has 0 amide bonds. The minimum absolute atomic E-state index is 0.0810. The van der Waals surface area contributed by atoms with Gasteiger partial charge in [-0.25, -0.2) is 0 Å². The molecular formula is C13H17N3O3. The molecule has 0 bridgehead atoms. The second kappa shape index (κ2) is 5.67. The number of nitro groups is 1. The van der Waals surface area contributed by atoms with E-state index in [1.807, 2.05) is 6.07 Å². The summed E-state index contributed by atoms with van der Waals surface area (Å²) in [5.74, 6) is 0.230. The molecule has 0 saturated heterocycles. The largest absolute Gasteiger partial charge is 0.483 e. The van der Waals surface area contributed by atoms with Crippen LogP contribution in [0.4, 0.5) is 5.69 Å². The number of rotatable bonds is 5. The zero-order valence-electron chi connectivity index (χ0n) is 11.2. The Morgan fingerprint density at radius 3 is 2.79 bits per heavy atom. The number of nitriles is 1. The highest BCUT2D eigenvalue weighted by Crippen LogP contribution is 2.31. The summed E-state index contributed by atoms with van der Waals surface area (Å²) in [5.41, 5.74) is 5.31. The highest BCUT2D eigenvalue weighted by atomic mass is 16.6. The normalized spacial score (nSPS) is 15.1. The number of ether oxygens (including phenoxy) is 1. The first-order chi connectivity index (χ1) is 8.76. The van der Waals surface area contributed by atoms with Gasteiger partial charge in [0.25, 0.3) is 0 Å². The number of nitrogens with zero attached hydrogens (tertiary/aromatic N) is 2. The molecule has 0 aromatic heterocycles. The molecule has 6 heteroatoms. The second-order valence-electron chi connectivity index (χ2n) is 4.84. The van der Waals surface area contributed by atoms with Gasteiger partial charge in [-0.3, -0.25) is 10.1 Å². The summed E-state index contributed by atoms with van der Waals surface area (Å²) in [6.07, 6.45) is -0.107. The van der Waals surface area contributed by atoms with Crippen molar-refractivity contribution >= 4 is 5.69 Å². The molecule has 1 rings (SSSR count). The monoisotopic (exact) mass is 263 g/mol. The predicted octanol–water partition coefficient (Wildman–Crippen LogP) is 2.30. The Labute approximate surface area is 111 Å². The second-order valence-corrected chi connectivity index (χ2v) is 4.84. The molecule has 1 aromatic carbocycles. The summed E-state index contributed by atoms with van der Waals surface area (Å²) in [7, 11) is 0. The summed E-state index contributed by atoms with van der Waals surface area (Å²) in [6.45, 7) is 5.07. The summed E-state index contributed by atoms with van der Waals surface area (Å²) < 4.78 is 5.60. The Morgan fingerprint density at radius 2 is 2.26 bits per heavy atom. The van der Waals surface area contributed by atoms with E-state index in [0.717, 1.165) is 0 Å². The first-order valence-corrected chi connectivity index (χ1v) is 5.87. The van der Waals surface area contributed by atoms with E-state index in [9.17, 15) is 10.1 Å². The summed E-state index contributed by atoms with van der Waals surface area (Å²) in [6, 6.07) is 6.71. The lowest BCUT2D eigenvalue weighted by atomic mass is 9.98. The lowest BCUT2D eigenvalue weighted by Crippen LogP contribution is -2.38. The van der Waals surface area contributed by atoms with Crippen LogP contribution in [0.15, 0.2) is 18.2 Å². The van der Waals surface area contributed by atoms with Gasteiger partial charge in [0.05, 0.1) is 17.1 Å². The van der Waals surface area contributed by atoms with Gasteiger partial charge in [-0.2, -0.15) is 5.26 Å². The van der Waals surface area contributed by atoms with Crippen molar-refractivity contribution in [2.24, 2.45) is 5.73 Å². The van der Waals surface area contributed by atoms with Crippen LogP contribution < -0.4 is 10.5 Å². The Kier molecular flexibility index (Phi) is 4.46. The zero-order valence-corrected chi connectivity index (χ0v) is 11.2. The van der Waals surface area contributed by atoms with Gasteiger partial charge in [-0.05, 0) is 26.3 Å². The minimum Gasteiger partial charge on any atom is -0.483 e.